The van der Waals surface area contributed by atoms with E-state index in [4.69, 9.17) is 5.84 Å². The van der Waals surface area contributed by atoms with Gasteiger partial charge in [-0.05, 0) is 35.6 Å². The molecule has 0 spiro atoms. The topological polar surface area (TPSA) is 50.4 Å². The number of nitrogens with zero attached hydrogens (tertiary/aromatic N) is 1. The van der Waals surface area contributed by atoms with Crippen LogP contribution in [0.25, 0.3) is 0 Å². The van der Waals surface area contributed by atoms with Crippen molar-refractivity contribution in [2.75, 3.05) is 0 Å². The maximum absolute atomic E-state index is 5.56. The Morgan fingerprint density at radius 3 is 2.71 bits per heavy atom. The molecule has 2 aromatic rings. The molecule has 88 valence electrons. The predicted molar refractivity (Wildman–Crippen MR) is 73.7 cm³/mol. The van der Waals surface area contributed by atoms with Crippen molar-refractivity contribution in [1.29, 1.82) is 0 Å². The van der Waals surface area contributed by atoms with E-state index in [2.05, 4.69) is 28.8 Å². The van der Waals surface area contributed by atoms with Gasteiger partial charge in [0.2, 0.25) is 0 Å². The van der Waals surface area contributed by atoms with Gasteiger partial charge in [0.1, 0.15) is 0 Å². The number of nitrogens with two attached hydrogens (primary N) is 1. The van der Waals surface area contributed by atoms with Crippen LogP contribution in [0.1, 0.15) is 17.4 Å². The minimum Gasteiger partial charge on any atom is -0.307 e. The summed E-state index contributed by atoms with van der Waals surface area (Å²) >= 11 is 1.65. The van der Waals surface area contributed by atoms with Gasteiger partial charge in [-0.3, -0.25) is 0 Å². The van der Waals surface area contributed by atoms with E-state index in [1.54, 1.807) is 11.3 Å². The van der Waals surface area contributed by atoms with Gasteiger partial charge in [0.25, 0.3) is 0 Å². The van der Waals surface area contributed by atoms with Crippen molar-refractivity contribution in [3.05, 3.63) is 52.2 Å². The Morgan fingerprint density at radius 1 is 1.29 bits per heavy atom. The lowest BCUT2D eigenvalue weighted by molar-refractivity contribution is 1.02. The second-order valence-electron chi connectivity index (χ2n) is 3.57. The second kappa shape index (κ2) is 5.61. The highest BCUT2D eigenvalue weighted by molar-refractivity contribution is 7.12. The Hall–Kier alpha value is -1.65. The Balaban J connectivity index is 2.37. The average molecular weight is 245 g/mol. The summed E-state index contributed by atoms with van der Waals surface area (Å²) in [7, 11) is 0. The van der Waals surface area contributed by atoms with Crippen LogP contribution in [-0.2, 0) is 6.42 Å². The number of thiophene rings is 1. The number of hydrogen-bond donors (Lipinski definition) is 2. The number of hydrazine groups is 1. The molecule has 0 bridgehead atoms. The largest absolute Gasteiger partial charge is 0.307 e. The minimum absolute atomic E-state index is 0.725. The summed E-state index contributed by atoms with van der Waals surface area (Å²) in [5.74, 6) is 6.29. The van der Waals surface area contributed by atoms with Crippen molar-refractivity contribution in [2.45, 2.75) is 13.3 Å². The molecule has 0 aliphatic heterocycles. The predicted octanol–water partition coefficient (Wildman–Crippen LogP) is 2.85. The van der Waals surface area contributed by atoms with Crippen LogP contribution in [0.2, 0.25) is 0 Å². The maximum atomic E-state index is 5.56. The summed E-state index contributed by atoms with van der Waals surface area (Å²) < 4.78 is 0. The third-order valence-corrected chi connectivity index (χ3v) is 3.44. The Bertz CT molecular complexity index is 502. The van der Waals surface area contributed by atoms with Crippen molar-refractivity contribution >= 4 is 22.9 Å². The molecule has 2 rings (SSSR count). The summed E-state index contributed by atoms with van der Waals surface area (Å²) in [6.45, 7) is 2.13. The van der Waals surface area contributed by atoms with E-state index in [1.165, 1.54) is 5.56 Å². The lowest BCUT2D eigenvalue weighted by atomic mass is 10.2. The van der Waals surface area contributed by atoms with Gasteiger partial charge in [-0.1, -0.05) is 25.1 Å². The standard InChI is InChI=1S/C13H15N3S/c1-2-10-8-9-17-12(10)13(16-14)15-11-6-4-3-5-7-11/h3-9H,2,14H2,1H3,(H,15,16). The molecule has 4 heteroatoms. The zero-order valence-corrected chi connectivity index (χ0v) is 10.5. The Labute approximate surface area is 105 Å². The zero-order chi connectivity index (χ0) is 12.1. The van der Waals surface area contributed by atoms with Crippen LogP contribution in [0.3, 0.4) is 0 Å². The molecule has 17 heavy (non-hydrogen) atoms. The molecular formula is C13H15N3S. The van der Waals surface area contributed by atoms with E-state index in [0.29, 0.717) is 0 Å². The number of aliphatic imine (C=N–C) groups is 1. The van der Waals surface area contributed by atoms with E-state index in [-0.39, 0.29) is 0 Å². The van der Waals surface area contributed by atoms with Gasteiger partial charge >= 0.3 is 0 Å². The molecule has 3 nitrogen and oxygen atoms in total. The normalized spacial score (nSPS) is 11.5. The van der Waals surface area contributed by atoms with Crippen LogP contribution < -0.4 is 11.3 Å². The van der Waals surface area contributed by atoms with Crippen molar-refractivity contribution in [1.82, 2.24) is 5.43 Å². The zero-order valence-electron chi connectivity index (χ0n) is 9.68. The first-order chi connectivity index (χ1) is 8.35. The minimum atomic E-state index is 0.725. The molecule has 1 heterocycles. The third-order valence-electron chi connectivity index (χ3n) is 2.48. The summed E-state index contributed by atoms with van der Waals surface area (Å²) in [6, 6.07) is 11.9. The number of benzene rings is 1. The third kappa shape index (κ3) is 2.72. The smallest absolute Gasteiger partial charge is 0.158 e. The molecule has 0 saturated carbocycles. The highest BCUT2D eigenvalue weighted by Gasteiger charge is 2.08. The van der Waals surface area contributed by atoms with E-state index < -0.39 is 0 Å². The Morgan fingerprint density at radius 2 is 2.06 bits per heavy atom. The van der Waals surface area contributed by atoms with Gasteiger partial charge in [0.05, 0.1) is 10.6 Å². The molecule has 1 aromatic carbocycles. The summed E-state index contributed by atoms with van der Waals surface area (Å²) in [4.78, 5) is 5.63. The molecule has 1 aromatic heterocycles. The molecule has 0 aliphatic carbocycles. The van der Waals surface area contributed by atoms with Gasteiger partial charge in [-0.15, -0.1) is 11.3 Å². The maximum Gasteiger partial charge on any atom is 0.158 e. The number of aryl methyl sites for hydroxylation is 1. The SMILES string of the molecule is CCc1ccsc1C(=Nc1ccccc1)NN. The van der Waals surface area contributed by atoms with Crippen molar-refractivity contribution in [3.63, 3.8) is 0 Å². The number of hydrogen-bond acceptors (Lipinski definition) is 3. The van der Waals surface area contributed by atoms with Crippen LogP contribution >= 0.6 is 11.3 Å². The monoisotopic (exact) mass is 245 g/mol. The fraction of sp³-hybridized carbons (Fsp3) is 0.154. The highest BCUT2D eigenvalue weighted by Crippen LogP contribution is 2.20. The van der Waals surface area contributed by atoms with Gasteiger partial charge in [-0.25, -0.2) is 10.8 Å². The number of amidine groups is 1. The highest BCUT2D eigenvalue weighted by atomic mass is 32.1. The average Bonchev–Trinajstić information content (AvgIpc) is 2.85. The first kappa shape index (κ1) is 11.8. The van der Waals surface area contributed by atoms with Crippen molar-refractivity contribution in [2.24, 2.45) is 10.8 Å². The Kier molecular flexibility index (Phi) is 3.90. The summed E-state index contributed by atoms with van der Waals surface area (Å²) in [5, 5.41) is 2.06. The quantitative estimate of drug-likeness (QED) is 0.378. The lowest BCUT2D eigenvalue weighted by Gasteiger charge is -2.05. The van der Waals surface area contributed by atoms with Crippen molar-refractivity contribution in [3.8, 4) is 0 Å². The van der Waals surface area contributed by atoms with Crippen LogP contribution in [0.4, 0.5) is 5.69 Å². The molecule has 0 radical (unpaired) electrons. The van der Waals surface area contributed by atoms with E-state index in [1.807, 2.05) is 30.3 Å². The fourth-order valence-corrected chi connectivity index (χ4v) is 2.55. The molecule has 0 atom stereocenters. The van der Waals surface area contributed by atoms with E-state index in [0.717, 1.165) is 22.8 Å². The first-order valence-corrected chi connectivity index (χ1v) is 6.40. The molecule has 0 fully saturated rings. The van der Waals surface area contributed by atoms with Crippen LogP contribution in [-0.4, -0.2) is 5.84 Å². The van der Waals surface area contributed by atoms with Crippen molar-refractivity contribution < 1.29 is 0 Å². The van der Waals surface area contributed by atoms with E-state index in [9.17, 15) is 0 Å². The molecular weight excluding hydrogens is 230 g/mol. The van der Waals surface area contributed by atoms with Crippen LogP contribution in [0.5, 0.6) is 0 Å². The molecule has 0 aliphatic rings. The van der Waals surface area contributed by atoms with Gasteiger partial charge in [-0.2, -0.15) is 0 Å². The number of nitrogens with one attached hydrogen (secondary N) is 1. The fourth-order valence-electron chi connectivity index (χ4n) is 1.60. The van der Waals surface area contributed by atoms with Gasteiger partial charge < -0.3 is 5.43 Å². The van der Waals surface area contributed by atoms with Crippen LogP contribution in [0.15, 0.2) is 46.8 Å². The summed E-state index contributed by atoms with van der Waals surface area (Å²) in [5.41, 5.74) is 4.85. The van der Waals surface area contributed by atoms with Gasteiger partial charge in [0.15, 0.2) is 5.84 Å². The summed E-state index contributed by atoms with van der Waals surface area (Å²) in [6.07, 6.45) is 0.980. The van der Waals surface area contributed by atoms with Gasteiger partial charge in [0, 0.05) is 0 Å². The second-order valence-corrected chi connectivity index (χ2v) is 4.48. The molecule has 0 unspecified atom stereocenters. The lowest BCUT2D eigenvalue weighted by Crippen LogP contribution is -2.30. The first-order valence-electron chi connectivity index (χ1n) is 5.52. The number of para-hydroxylation sites is 1. The van der Waals surface area contributed by atoms with Crippen LogP contribution in [0, 0.1) is 0 Å². The molecule has 0 amide bonds. The van der Waals surface area contributed by atoms with E-state index >= 15 is 0 Å². The molecule has 0 saturated heterocycles. The molecule has 3 N–H and O–H groups in total. The number of rotatable bonds is 3.